The molecule has 0 bridgehead atoms. The normalized spacial score (nSPS) is 14.0. The van der Waals surface area contributed by atoms with E-state index in [-0.39, 0.29) is 0 Å². The molecule has 0 aliphatic rings. The van der Waals surface area contributed by atoms with Gasteiger partial charge in [-0.25, -0.2) is 0 Å². The van der Waals surface area contributed by atoms with Crippen molar-refractivity contribution in [3.8, 4) is 0 Å². The molecule has 0 aliphatic carbocycles. The van der Waals surface area contributed by atoms with Crippen molar-refractivity contribution in [1.82, 2.24) is 0 Å². The van der Waals surface area contributed by atoms with Crippen LogP contribution in [0.5, 0.6) is 0 Å². The molecule has 0 rings (SSSR count). The standard InChI is InChI=1S/C7H11Br2N/c1-3-4-6(9)7(5-8)10-2/h4H,3,5H2,1-2H3/b6-4+,10-7?. The molecule has 0 aromatic carbocycles. The molecule has 0 heterocycles. The Morgan fingerprint density at radius 3 is 2.50 bits per heavy atom. The second-order valence-electron chi connectivity index (χ2n) is 1.76. The van der Waals surface area contributed by atoms with Crippen molar-refractivity contribution in [2.24, 2.45) is 4.99 Å². The number of allylic oxidation sites excluding steroid dienone is 2. The summed E-state index contributed by atoms with van der Waals surface area (Å²) in [6.45, 7) is 2.10. The van der Waals surface area contributed by atoms with E-state index in [2.05, 4.69) is 49.9 Å². The number of hydrogen-bond acceptors (Lipinski definition) is 1. The second-order valence-corrected chi connectivity index (χ2v) is 3.18. The molecule has 0 fully saturated rings. The summed E-state index contributed by atoms with van der Waals surface area (Å²) in [5, 5.41) is 0.806. The molecule has 0 spiro atoms. The van der Waals surface area contributed by atoms with Gasteiger partial charge in [0.15, 0.2) is 0 Å². The van der Waals surface area contributed by atoms with Crippen LogP contribution < -0.4 is 0 Å². The summed E-state index contributed by atoms with van der Waals surface area (Å²) < 4.78 is 1.09. The summed E-state index contributed by atoms with van der Waals surface area (Å²) in [6, 6.07) is 0. The van der Waals surface area contributed by atoms with E-state index in [0.29, 0.717) is 0 Å². The maximum absolute atomic E-state index is 4.08. The first-order valence-electron chi connectivity index (χ1n) is 3.13. The highest BCUT2D eigenvalue weighted by atomic mass is 79.9. The molecule has 0 aromatic rings. The Balaban J connectivity index is 4.16. The van der Waals surface area contributed by atoms with Crippen LogP contribution in [0.1, 0.15) is 13.3 Å². The number of hydrogen-bond donors (Lipinski definition) is 0. The van der Waals surface area contributed by atoms with Crippen LogP contribution in [0.3, 0.4) is 0 Å². The first-order valence-corrected chi connectivity index (χ1v) is 5.05. The summed E-state index contributed by atoms with van der Waals surface area (Å²) in [5.41, 5.74) is 1.06. The van der Waals surface area contributed by atoms with Crippen LogP contribution in [0.25, 0.3) is 0 Å². The molecule has 0 aliphatic heterocycles. The van der Waals surface area contributed by atoms with Crippen LogP contribution >= 0.6 is 31.9 Å². The minimum absolute atomic E-state index is 0.806. The molecular weight excluding hydrogens is 258 g/mol. The van der Waals surface area contributed by atoms with Gasteiger partial charge in [0.25, 0.3) is 0 Å². The van der Waals surface area contributed by atoms with Crippen molar-refractivity contribution in [2.45, 2.75) is 13.3 Å². The Bertz CT molecular complexity index is 150. The van der Waals surface area contributed by atoms with E-state index >= 15 is 0 Å². The van der Waals surface area contributed by atoms with Gasteiger partial charge in [0.2, 0.25) is 0 Å². The first kappa shape index (κ1) is 10.4. The molecule has 0 N–H and O–H groups in total. The smallest absolute Gasteiger partial charge is 0.0588 e. The third-order valence-electron chi connectivity index (χ3n) is 1.06. The topological polar surface area (TPSA) is 12.4 Å². The molecule has 10 heavy (non-hydrogen) atoms. The van der Waals surface area contributed by atoms with Gasteiger partial charge in [-0.05, 0) is 22.4 Å². The lowest BCUT2D eigenvalue weighted by Gasteiger charge is -1.97. The summed E-state index contributed by atoms with van der Waals surface area (Å²) >= 11 is 6.77. The quantitative estimate of drug-likeness (QED) is 0.551. The molecule has 3 heteroatoms. The molecule has 0 aromatic heterocycles. The monoisotopic (exact) mass is 267 g/mol. The lowest BCUT2D eigenvalue weighted by Crippen LogP contribution is -1.98. The van der Waals surface area contributed by atoms with Gasteiger partial charge in [-0.3, -0.25) is 4.99 Å². The molecule has 0 atom stereocenters. The third-order valence-corrected chi connectivity index (χ3v) is 2.37. The number of aliphatic imine (C=N–C) groups is 1. The highest BCUT2D eigenvalue weighted by Crippen LogP contribution is 2.10. The molecule has 0 radical (unpaired) electrons. The fourth-order valence-corrected chi connectivity index (χ4v) is 2.10. The first-order chi connectivity index (χ1) is 4.76. The van der Waals surface area contributed by atoms with Gasteiger partial charge < -0.3 is 0 Å². The van der Waals surface area contributed by atoms with Crippen molar-refractivity contribution < 1.29 is 0 Å². The van der Waals surface area contributed by atoms with E-state index in [1.165, 1.54) is 0 Å². The largest absolute Gasteiger partial charge is 0.291 e. The van der Waals surface area contributed by atoms with E-state index < -0.39 is 0 Å². The lowest BCUT2D eigenvalue weighted by molar-refractivity contribution is 1.22. The van der Waals surface area contributed by atoms with E-state index in [4.69, 9.17) is 0 Å². The second kappa shape index (κ2) is 6.10. The van der Waals surface area contributed by atoms with E-state index in [0.717, 1.165) is 21.9 Å². The molecule has 1 nitrogen and oxygen atoms in total. The zero-order valence-electron chi connectivity index (χ0n) is 6.19. The Morgan fingerprint density at radius 1 is 1.60 bits per heavy atom. The van der Waals surface area contributed by atoms with Gasteiger partial charge in [0, 0.05) is 16.9 Å². The molecular formula is C7H11Br2N. The number of halogens is 2. The maximum atomic E-state index is 4.08. The van der Waals surface area contributed by atoms with Gasteiger partial charge in [0.1, 0.15) is 0 Å². The third kappa shape index (κ3) is 3.52. The Labute approximate surface area is 78.9 Å². The van der Waals surface area contributed by atoms with Crippen LogP contribution in [0.15, 0.2) is 15.6 Å². The predicted molar refractivity (Wildman–Crippen MR) is 54.5 cm³/mol. The van der Waals surface area contributed by atoms with E-state index in [9.17, 15) is 0 Å². The summed E-state index contributed by atoms with van der Waals surface area (Å²) in [6.07, 6.45) is 3.14. The fraction of sp³-hybridized carbons (Fsp3) is 0.571. The number of nitrogens with zero attached hydrogens (tertiary/aromatic N) is 1. The van der Waals surface area contributed by atoms with Crippen molar-refractivity contribution in [3.05, 3.63) is 10.6 Å². The van der Waals surface area contributed by atoms with Crippen LogP contribution in [0.4, 0.5) is 0 Å². The SMILES string of the molecule is CC/C=C(/Br)C(CBr)=NC. The van der Waals surface area contributed by atoms with Gasteiger partial charge >= 0.3 is 0 Å². The van der Waals surface area contributed by atoms with Crippen molar-refractivity contribution in [1.29, 1.82) is 0 Å². The predicted octanol–water partition coefficient (Wildman–Crippen LogP) is 3.14. The molecule has 58 valence electrons. The average Bonchev–Trinajstić information content (AvgIpc) is 1.91. The van der Waals surface area contributed by atoms with Crippen molar-refractivity contribution >= 4 is 37.6 Å². The zero-order chi connectivity index (χ0) is 7.98. The highest BCUT2D eigenvalue weighted by Gasteiger charge is 1.97. The van der Waals surface area contributed by atoms with Gasteiger partial charge in [-0.15, -0.1) is 0 Å². The zero-order valence-corrected chi connectivity index (χ0v) is 9.37. The summed E-state index contributed by atoms with van der Waals surface area (Å²) in [5.74, 6) is 0. The minimum Gasteiger partial charge on any atom is -0.291 e. The Kier molecular flexibility index (Phi) is 6.33. The minimum atomic E-state index is 0.806. The van der Waals surface area contributed by atoms with Crippen molar-refractivity contribution in [2.75, 3.05) is 12.4 Å². The van der Waals surface area contributed by atoms with Crippen LogP contribution in [-0.4, -0.2) is 18.1 Å². The summed E-state index contributed by atoms with van der Waals surface area (Å²) in [7, 11) is 1.79. The van der Waals surface area contributed by atoms with Crippen LogP contribution in [-0.2, 0) is 0 Å². The Hall–Kier alpha value is 0.370. The van der Waals surface area contributed by atoms with Crippen LogP contribution in [0, 0.1) is 0 Å². The molecule has 0 amide bonds. The van der Waals surface area contributed by atoms with E-state index in [1.807, 2.05) is 0 Å². The molecule has 0 saturated heterocycles. The Morgan fingerprint density at radius 2 is 2.20 bits per heavy atom. The maximum Gasteiger partial charge on any atom is 0.0588 e. The number of alkyl halides is 1. The van der Waals surface area contributed by atoms with Gasteiger partial charge in [0.05, 0.1) is 5.71 Å². The average molecular weight is 269 g/mol. The highest BCUT2D eigenvalue weighted by molar-refractivity contribution is 9.12. The molecule has 0 unspecified atom stereocenters. The van der Waals surface area contributed by atoms with E-state index in [1.54, 1.807) is 7.05 Å². The van der Waals surface area contributed by atoms with Crippen LogP contribution in [0.2, 0.25) is 0 Å². The summed E-state index contributed by atoms with van der Waals surface area (Å²) in [4.78, 5) is 4.08. The molecule has 0 saturated carbocycles. The van der Waals surface area contributed by atoms with Gasteiger partial charge in [-0.1, -0.05) is 28.9 Å². The van der Waals surface area contributed by atoms with Crippen molar-refractivity contribution in [3.63, 3.8) is 0 Å². The number of rotatable bonds is 3. The fourth-order valence-electron chi connectivity index (χ4n) is 0.527. The lowest BCUT2D eigenvalue weighted by atomic mass is 10.3. The van der Waals surface area contributed by atoms with Gasteiger partial charge in [-0.2, -0.15) is 0 Å².